The van der Waals surface area contributed by atoms with Gasteiger partial charge in [0, 0.05) is 13.0 Å². The van der Waals surface area contributed by atoms with Gasteiger partial charge in [-0.1, -0.05) is 49.2 Å². The van der Waals surface area contributed by atoms with Crippen molar-refractivity contribution >= 4 is 17.7 Å². The molecule has 2 aromatic rings. The molecular formula is C22H27N5OS. The molecule has 1 heterocycles. The van der Waals surface area contributed by atoms with Crippen molar-refractivity contribution in [2.45, 2.75) is 73.7 Å². The van der Waals surface area contributed by atoms with Crippen LogP contribution < -0.4 is 0 Å². The number of hydrogen-bond donors (Lipinski definition) is 0. The maximum absolute atomic E-state index is 13.1. The summed E-state index contributed by atoms with van der Waals surface area (Å²) in [6.07, 6.45) is 6.93. The largest absolute Gasteiger partial charge is 0.326 e. The average Bonchev–Trinajstić information content (AvgIpc) is 3.53. The lowest BCUT2D eigenvalue weighted by Gasteiger charge is -2.39. The highest BCUT2D eigenvalue weighted by atomic mass is 32.2. The monoisotopic (exact) mass is 409 g/mol. The van der Waals surface area contributed by atoms with E-state index < -0.39 is 5.54 Å². The second-order valence-corrected chi connectivity index (χ2v) is 9.44. The maximum atomic E-state index is 13.1. The zero-order chi connectivity index (χ0) is 20.4. The van der Waals surface area contributed by atoms with E-state index in [2.05, 4.69) is 6.07 Å². The number of thioether (sulfide) groups is 1. The van der Waals surface area contributed by atoms with Crippen LogP contribution in [0.15, 0.2) is 35.5 Å². The molecule has 2 fully saturated rings. The SMILES string of the molecule is CC(Sc1nc(C2CC2)n(-c2ccccc2)n1)C(=O)N(C)C1(C#N)CCCCC1. The summed E-state index contributed by atoms with van der Waals surface area (Å²) in [5, 5.41) is 14.8. The van der Waals surface area contributed by atoms with Crippen LogP contribution in [0.1, 0.15) is 63.6 Å². The molecule has 1 aromatic heterocycles. The summed E-state index contributed by atoms with van der Waals surface area (Å²) in [6.45, 7) is 1.89. The number of carbonyl (C=O) groups excluding carboxylic acids is 1. The van der Waals surface area contributed by atoms with Crippen LogP contribution in [0.2, 0.25) is 0 Å². The van der Waals surface area contributed by atoms with Crippen molar-refractivity contribution in [1.82, 2.24) is 19.7 Å². The van der Waals surface area contributed by atoms with E-state index in [4.69, 9.17) is 10.1 Å². The Bertz CT molecular complexity index is 909. The van der Waals surface area contributed by atoms with Gasteiger partial charge in [-0.3, -0.25) is 4.79 Å². The quantitative estimate of drug-likeness (QED) is 0.665. The third-order valence-corrected chi connectivity index (χ3v) is 6.99. The number of hydrogen-bond acceptors (Lipinski definition) is 5. The fourth-order valence-corrected chi connectivity index (χ4v) is 4.92. The van der Waals surface area contributed by atoms with Crippen molar-refractivity contribution < 1.29 is 4.79 Å². The van der Waals surface area contributed by atoms with Crippen LogP contribution in [0, 0.1) is 11.3 Å². The Balaban J connectivity index is 1.52. The first-order valence-electron chi connectivity index (χ1n) is 10.4. The molecule has 0 spiro atoms. The van der Waals surface area contributed by atoms with Gasteiger partial charge in [0.15, 0.2) is 0 Å². The molecule has 0 N–H and O–H groups in total. The Labute approximate surface area is 176 Å². The van der Waals surface area contributed by atoms with Gasteiger partial charge in [-0.2, -0.15) is 5.26 Å². The third-order valence-electron chi connectivity index (χ3n) is 6.05. The Hall–Kier alpha value is -2.33. The number of carbonyl (C=O) groups is 1. The summed E-state index contributed by atoms with van der Waals surface area (Å²) < 4.78 is 1.92. The molecule has 2 saturated carbocycles. The lowest BCUT2D eigenvalue weighted by Crippen LogP contribution is -2.52. The summed E-state index contributed by atoms with van der Waals surface area (Å²) in [7, 11) is 1.78. The summed E-state index contributed by atoms with van der Waals surface area (Å²) in [6, 6.07) is 12.5. The van der Waals surface area contributed by atoms with Crippen molar-refractivity contribution in [3.8, 4) is 11.8 Å². The molecule has 2 aliphatic rings. The van der Waals surface area contributed by atoms with Crippen molar-refractivity contribution in [1.29, 1.82) is 5.26 Å². The van der Waals surface area contributed by atoms with E-state index in [1.54, 1.807) is 11.9 Å². The van der Waals surface area contributed by atoms with Gasteiger partial charge in [0.25, 0.3) is 0 Å². The lowest BCUT2D eigenvalue weighted by atomic mass is 9.81. The second-order valence-electron chi connectivity index (χ2n) is 8.14. The molecule has 4 rings (SSSR count). The van der Waals surface area contributed by atoms with Gasteiger partial charge in [0.05, 0.1) is 17.0 Å². The minimum atomic E-state index is -0.667. The molecule has 1 unspecified atom stereocenters. The molecule has 0 radical (unpaired) electrons. The molecule has 0 aliphatic heterocycles. The molecule has 1 aromatic carbocycles. The van der Waals surface area contributed by atoms with Crippen LogP contribution in [-0.4, -0.2) is 43.4 Å². The van der Waals surface area contributed by atoms with E-state index >= 15 is 0 Å². The van der Waals surface area contributed by atoms with Gasteiger partial charge >= 0.3 is 0 Å². The average molecular weight is 410 g/mol. The van der Waals surface area contributed by atoms with E-state index in [0.717, 1.165) is 56.5 Å². The van der Waals surface area contributed by atoms with Gasteiger partial charge in [-0.25, -0.2) is 9.67 Å². The third kappa shape index (κ3) is 4.04. The molecule has 2 aliphatic carbocycles. The van der Waals surface area contributed by atoms with Gasteiger partial charge in [0.2, 0.25) is 11.1 Å². The highest BCUT2D eigenvalue weighted by Crippen LogP contribution is 2.41. The van der Waals surface area contributed by atoms with Crippen LogP contribution >= 0.6 is 11.8 Å². The highest BCUT2D eigenvalue weighted by molar-refractivity contribution is 8.00. The first-order chi connectivity index (χ1) is 14.0. The molecule has 0 saturated heterocycles. The number of para-hydroxylation sites is 1. The fraction of sp³-hybridized carbons (Fsp3) is 0.545. The van der Waals surface area contributed by atoms with E-state index in [9.17, 15) is 10.1 Å². The van der Waals surface area contributed by atoms with E-state index in [1.165, 1.54) is 11.8 Å². The zero-order valence-corrected chi connectivity index (χ0v) is 17.9. The number of benzene rings is 1. The predicted molar refractivity (Wildman–Crippen MR) is 113 cm³/mol. The molecule has 1 amide bonds. The van der Waals surface area contributed by atoms with Crippen molar-refractivity contribution in [2.75, 3.05) is 7.05 Å². The number of nitriles is 1. The number of amides is 1. The summed E-state index contributed by atoms with van der Waals surface area (Å²) in [4.78, 5) is 19.6. The Kier molecular flexibility index (Phi) is 5.64. The topological polar surface area (TPSA) is 74.8 Å². The molecule has 29 heavy (non-hydrogen) atoms. The highest BCUT2D eigenvalue weighted by Gasteiger charge is 2.40. The van der Waals surface area contributed by atoms with Gasteiger partial charge in [0.1, 0.15) is 11.4 Å². The first-order valence-corrected chi connectivity index (χ1v) is 11.3. The number of aromatic nitrogens is 3. The maximum Gasteiger partial charge on any atom is 0.236 e. The van der Waals surface area contributed by atoms with E-state index in [0.29, 0.717) is 11.1 Å². The second kappa shape index (κ2) is 8.19. The fourth-order valence-electron chi connectivity index (χ4n) is 4.07. The van der Waals surface area contributed by atoms with Crippen LogP contribution in [-0.2, 0) is 4.79 Å². The minimum Gasteiger partial charge on any atom is -0.326 e. The van der Waals surface area contributed by atoms with Crippen LogP contribution in [0.5, 0.6) is 0 Å². The number of rotatable bonds is 6. The predicted octanol–water partition coefficient (Wildman–Crippen LogP) is 4.31. The first kappa shape index (κ1) is 20.0. The Morgan fingerprint density at radius 3 is 2.59 bits per heavy atom. The van der Waals surface area contributed by atoms with Gasteiger partial charge < -0.3 is 4.90 Å². The Morgan fingerprint density at radius 1 is 1.28 bits per heavy atom. The summed E-state index contributed by atoms with van der Waals surface area (Å²) in [5.74, 6) is 1.41. The zero-order valence-electron chi connectivity index (χ0n) is 17.0. The smallest absolute Gasteiger partial charge is 0.236 e. The molecule has 0 bridgehead atoms. The van der Waals surface area contributed by atoms with Crippen molar-refractivity contribution in [3.63, 3.8) is 0 Å². The summed E-state index contributed by atoms with van der Waals surface area (Å²) >= 11 is 1.38. The Morgan fingerprint density at radius 2 is 1.97 bits per heavy atom. The van der Waals surface area contributed by atoms with Crippen molar-refractivity contribution in [2.24, 2.45) is 0 Å². The normalized spacial score (nSPS) is 19.3. The van der Waals surface area contributed by atoms with E-state index in [1.807, 2.05) is 41.9 Å². The van der Waals surface area contributed by atoms with Gasteiger partial charge in [-0.05, 0) is 44.7 Å². The number of nitrogens with zero attached hydrogens (tertiary/aromatic N) is 5. The summed E-state index contributed by atoms with van der Waals surface area (Å²) in [5.41, 5.74) is 0.329. The minimum absolute atomic E-state index is 0.0255. The van der Waals surface area contributed by atoms with Crippen LogP contribution in [0.25, 0.3) is 5.69 Å². The molecule has 1 atom stereocenters. The lowest BCUT2D eigenvalue weighted by molar-refractivity contribution is -0.133. The van der Waals surface area contributed by atoms with Gasteiger partial charge in [-0.15, -0.1) is 5.10 Å². The van der Waals surface area contributed by atoms with Crippen molar-refractivity contribution in [3.05, 3.63) is 36.2 Å². The standard InChI is InChI=1S/C22H27N5OS/c1-16(20(28)26(2)22(15-23)13-7-4-8-14-22)29-21-24-19(17-11-12-17)27(25-21)18-9-5-3-6-10-18/h3,5-6,9-10,16-17H,4,7-8,11-14H2,1-2H3. The van der Waals surface area contributed by atoms with Crippen LogP contribution in [0.3, 0.4) is 0 Å². The molecule has 6 nitrogen and oxygen atoms in total. The molecule has 7 heteroatoms. The molecular weight excluding hydrogens is 382 g/mol. The van der Waals surface area contributed by atoms with Crippen LogP contribution in [0.4, 0.5) is 0 Å². The molecule has 152 valence electrons. The van der Waals surface area contributed by atoms with E-state index in [-0.39, 0.29) is 11.2 Å².